The summed E-state index contributed by atoms with van der Waals surface area (Å²) in [5.74, 6) is 0. The average molecular weight is 312 g/mol. The van der Waals surface area contributed by atoms with Gasteiger partial charge in [0.15, 0.2) is 5.11 Å². The van der Waals surface area contributed by atoms with Crippen LogP contribution in [0.3, 0.4) is 0 Å². The van der Waals surface area contributed by atoms with Crippen molar-refractivity contribution in [2.75, 3.05) is 5.32 Å². The van der Waals surface area contributed by atoms with Gasteiger partial charge in [-0.2, -0.15) is 0 Å². The number of anilines is 1. The molecule has 0 saturated carbocycles. The van der Waals surface area contributed by atoms with Gasteiger partial charge in [0.2, 0.25) is 0 Å². The van der Waals surface area contributed by atoms with Crippen LogP contribution in [-0.2, 0) is 0 Å². The Labute approximate surface area is 139 Å². The molecule has 0 saturated heterocycles. The van der Waals surface area contributed by atoms with E-state index in [1.807, 2.05) is 0 Å². The maximum Gasteiger partial charge on any atom is 0.171 e. The summed E-state index contributed by atoms with van der Waals surface area (Å²) in [6.45, 7) is 8.50. The SMILES string of the molecule is CC[C@@H](NC(=S)Nc1ccc(C)cc1C)c1ccccc1C. The lowest BCUT2D eigenvalue weighted by atomic mass is 9.99. The molecular weight excluding hydrogens is 288 g/mol. The van der Waals surface area contributed by atoms with Crippen molar-refractivity contribution in [2.45, 2.75) is 40.2 Å². The molecule has 0 fully saturated rings. The largest absolute Gasteiger partial charge is 0.356 e. The summed E-state index contributed by atoms with van der Waals surface area (Å²) < 4.78 is 0. The summed E-state index contributed by atoms with van der Waals surface area (Å²) in [6.07, 6.45) is 0.986. The van der Waals surface area contributed by atoms with Crippen molar-refractivity contribution in [1.82, 2.24) is 5.32 Å². The normalized spacial score (nSPS) is 11.8. The van der Waals surface area contributed by atoms with Gasteiger partial charge in [-0.25, -0.2) is 0 Å². The Balaban J connectivity index is 2.08. The Morgan fingerprint density at radius 1 is 1.05 bits per heavy atom. The Morgan fingerprint density at radius 3 is 2.41 bits per heavy atom. The molecule has 0 aliphatic carbocycles. The predicted octanol–water partition coefficient (Wildman–Crippen LogP) is 5.05. The molecule has 0 unspecified atom stereocenters. The standard InChI is InChI=1S/C19H24N2S/c1-5-17(16-9-7-6-8-14(16)3)20-19(22)21-18-11-10-13(2)12-15(18)4/h6-12,17H,5H2,1-4H3,(H2,20,21,22)/t17-/m1/s1. The van der Waals surface area contributed by atoms with Crippen molar-refractivity contribution < 1.29 is 0 Å². The van der Waals surface area contributed by atoms with Gasteiger partial charge in [-0.05, 0) is 62.2 Å². The van der Waals surface area contributed by atoms with Crippen LogP contribution in [0.5, 0.6) is 0 Å². The molecule has 3 heteroatoms. The Morgan fingerprint density at radius 2 is 1.77 bits per heavy atom. The summed E-state index contributed by atoms with van der Waals surface area (Å²) in [5, 5.41) is 7.41. The van der Waals surface area contributed by atoms with Gasteiger partial charge in [0, 0.05) is 5.69 Å². The number of hydrogen-bond acceptors (Lipinski definition) is 1. The molecule has 0 amide bonds. The summed E-state index contributed by atoms with van der Waals surface area (Å²) in [4.78, 5) is 0. The minimum Gasteiger partial charge on any atom is -0.356 e. The van der Waals surface area contributed by atoms with Crippen LogP contribution in [0.1, 0.15) is 41.6 Å². The van der Waals surface area contributed by atoms with Crippen molar-refractivity contribution >= 4 is 23.0 Å². The monoisotopic (exact) mass is 312 g/mol. The van der Waals surface area contributed by atoms with E-state index in [0.29, 0.717) is 5.11 Å². The molecular formula is C19H24N2S. The van der Waals surface area contributed by atoms with Crippen LogP contribution in [0.4, 0.5) is 5.69 Å². The number of nitrogens with one attached hydrogen (secondary N) is 2. The van der Waals surface area contributed by atoms with Gasteiger partial charge in [0.25, 0.3) is 0 Å². The predicted molar refractivity (Wildman–Crippen MR) is 99.5 cm³/mol. The fourth-order valence-electron chi connectivity index (χ4n) is 2.65. The fraction of sp³-hybridized carbons (Fsp3) is 0.316. The third kappa shape index (κ3) is 4.08. The lowest BCUT2D eigenvalue weighted by molar-refractivity contribution is 0.625. The number of aryl methyl sites for hydroxylation is 3. The third-order valence-electron chi connectivity index (χ3n) is 3.91. The van der Waals surface area contributed by atoms with Gasteiger partial charge in [-0.3, -0.25) is 0 Å². The molecule has 2 rings (SSSR count). The molecule has 0 spiro atoms. The second-order valence-electron chi connectivity index (χ2n) is 5.73. The van der Waals surface area contributed by atoms with Crippen molar-refractivity contribution in [3.63, 3.8) is 0 Å². The van der Waals surface area contributed by atoms with E-state index in [2.05, 4.69) is 80.8 Å². The molecule has 0 heterocycles. The quantitative estimate of drug-likeness (QED) is 0.773. The number of benzene rings is 2. The highest BCUT2D eigenvalue weighted by Gasteiger charge is 2.13. The maximum atomic E-state index is 5.49. The minimum atomic E-state index is 0.229. The van der Waals surface area contributed by atoms with E-state index >= 15 is 0 Å². The fourth-order valence-corrected chi connectivity index (χ4v) is 2.90. The number of rotatable bonds is 4. The minimum absolute atomic E-state index is 0.229. The molecule has 0 aliphatic heterocycles. The van der Waals surface area contributed by atoms with Gasteiger partial charge < -0.3 is 10.6 Å². The Kier molecular flexibility index (Phi) is 5.56. The first-order valence-corrected chi connectivity index (χ1v) is 8.12. The Hall–Kier alpha value is -1.87. The van der Waals surface area contributed by atoms with E-state index in [-0.39, 0.29) is 6.04 Å². The molecule has 0 bridgehead atoms. The first kappa shape index (κ1) is 16.5. The van der Waals surface area contributed by atoms with Crippen molar-refractivity contribution in [3.05, 3.63) is 64.7 Å². The van der Waals surface area contributed by atoms with E-state index in [9.17, 15) is 0 Å². The van der Waals surface area contributed by atoms with Crippen LogP contribution >= 0.6 is 12.2 Å². The van der Waals surface area contributed by atoms with E-state index in [4.69, 9.17) is 12.2 Å². The van der Waals surface area contributed by atoms with Crippen LogP contribution in [0, 0.1) is 20.8 Å². The summed E-state index contributed by atoms with van der Waals surface area (Å²) in [7, 11) is 0. The molecule has 2 N–H and O–H groups in total. The molecule has 2 aromatic carbocycles. The maximum absolute atomic E-state index is 5.49. The van der Waals surface area contributed by atoms with Gasteiger partial charge in [0.05, 0.1) is 6.04 Å². The number of thiocarbonyl (C=S) groups is 1. The zero-order chi connectivity index (χ0) is 16.1. The molecule has 116 valence electrons. The van der Waals surface area contributed by atoms with Gasteiger partial charge in [0.1, 0.15) is 0 Å². The van der Waals surface area contributed by atoms with Crippen molar-refractivity contribution in [1.29, 1.82) is 0 Å². The van der Waals surface area contributed by atoms with E-state index in [1.54, 1.807) is 0 Å². The van der Waals surface area contributed by atoms with Crippen LogP contribution in [0.15, 0.2) is 42.5 Å². The van der Waals surface area contributed by atoms with E-state index < -0.39 is 0 Å². The van der Waals surface area contributed by atoms with Gasteiger partial charge >= 0.3 is 0 Å². The first-order chi connectivity index (χ1) is 10.5. The van der Waals surface area contributed by atoms with Crippen LogP contribution < -0.4 is 10.6 Å². The number of hydrogen-bond donors (Lipinski definition) is 2. The average Bonchev–Trinajstić information content (AvgIpc) is 2.48. The van der Waals surface area contributed by atoms with Crippen molar-refractivity contribution in [2.24, 2.45) is 0 Å². The summed E-state index contributed by atoms with van der Waals surface area (Å²) in [6, 6.07) is 15.0. The van der Waals surface area contributed by atoms with Crippen molar-refractivity contribution in [3.8, 4) is 0 Å². The highest BCUT2D eigenvalue weighted by atomic mass is 32.1. The van der Waals surface area contributed by atoms with Crippen LogP contribution in [0.2, 0.25) is 0 Å². The lowest BCUT2D eigenvalue weighted by Gasteiger charge is -2.22. The van der Waals surface area contributed by atoms with E-state index in [1.165, 1.54) is 22.3 Å². The molecule has 0 radical (unpaired) electrons. The first-order valence-electron chi connectivity index (χ1n) is 7.71. The van der Waals surface area contributed by atoms with E-state index in [0.717, 1.165) is 12.1 Å². The molecule has 2 nitrogen and oxygen atoms in total. The van der Waals surface area contributed by atoms with Crippen LogP contribution in [-0.4, -0.2) is 5.11 Å². The zero-order valence-electron chi connectivity index (χ0n) is 13.7. The second kappa shape index (κ2) is 7.41. The second-order valence-corrected chi connectivity index (χ2v) is 6.14. The molecule has 0 aromatic heterocycles. The third-order valence-corrected chi connectivity index (χ3v) is 4.13. The molecule has 1 atom stereocenters. The Bertz CT molecular complexity index is 664. The van der Waals surface area contributed by atoms with Gasteiger partial charge in [-0.15, -0.1) is 0 Å². The highest BCUT2D eigenvalue weighted by Crippen LogP contribution is 2.21. The summed E-state index contributed by atoms with van der Waals surface area (Å²) >= 11 is 5.49. The smallest absolute Gasteiger partial charge is 0.171 e. The zero-order valence-corrected chi connectivity index (χ0v) is 14.6. The molecule has 22 heavy (non-hydrogen) atoms. The highest BCUT2D eigenvalue weighted by molar-refractivity contribution is 7.80. The summed E-state index contributed by atoms with van der Waals surface area (Å²) in [5.41, 5.74) is 6.11. The topological polar surface area (TPSA) is 24.1 Å². The van der Waals surface area contributed by atoms with Crippen LogP contribution in [0.25, 0.3) is 0 Å². The lowest BCUT2D eigenvalue weighted by Crippen LogP contribution is -2.32. The molecule has 2 aromatic rings. The van der Waals surface area contributed by atoms with Gasteiger partial charge in [-0.1, -0.05) is 48.9 Å². The molecule has 0 aliphatic rings.